The molecule has 0 aliphatic carbocycles. The predicted octanol–water partition coefficient (Wildman–Crippen LogP) is 2.16. The number of hydrogen-bond donors (Lipinski definition) is 1. The monoisotopic (exact) mass is 290 g/mol. The summed E-state index contributed by atoms with van der Waals surface area (Å²) in [5, 5.41) is 7.95. The van der Waals surface area contributed by atoms with E-state index in [9.17, 15) is 0 Å². The van der Waals surface area contributed by atoms with Crippen LogP contribution < -0.4 is 0 Å². The molecule has 0 unspecified atom stereocenters. The van der Waals surface area contributed by atoms with Gasteiger partial charge in [0.05, 0.1) is 0 Å². The third kappa shape index (κ3) is 6.80. The number of halogens is 3. The summed E-state index contributed by atoms with van der Waals surface area (Å²) in [6.45, 7) is 0. The molecule has 0 aromatic rings. The van der Waals surface area contributed by atoms with Gasteiger partial charge in [0.1, 0.15) is 6.11 Å². The van der Waals surface area contributed by atoms with Crippen LogP contribution >= 0.6 is 47.8 Å². The lowest BCUT2D eigenvalue weighted by atomic mass is 10.8. The van der Waals surface area contributed by atoms with Crippen molar-refractivity contribution in [3.05, 3.63) is 0 Å². The molecule has 1 N–H and O–H groups in total. The van der Waals surface area contributed by atoms with Gasteiger partial charge in [-0.3, -0.25) is 0 Å². The van der Waals surface area contributed by atoms with Gasteiger partial charge in [0.2, 0.25) is 0 Å². The molecule has 0 rings (SSSR count). The second-order valence-corrected chi connectivity index (χ2v) is 7.50. The van der Waals surface area contributed by atoms with Gasteiger partial charge in [0.25, 0.3) is 0 Å². The molecule has 0 heterocycles. The highest BCUT2D eigenvalue weighted by atomic mass is 80.0. The zero-order valence-corrected chi connectivity index (χ0v) is 7.84. The van der Waals surface area contributed by atoms with E-state index in [4.69, 9.17) is 5.11 Å². The van der Waals surface area contributed by atoms with Crippen LogP contribution in [0, 0.1) is 12.0 Å². The van der Waals surface area contributed by atoms with Crippen molar-refractivity contribution >= 4 is 47.8 Å². The van der Waals surface area contributed by atoms with E-state index in [1.165, 1.54) is 0 Å². The van der Waals surface area contributed by atoms with Gasteiger partial charge in [-0.2, -0.15) is 0 Å². The smallest absolute Gasteiger partial charge is 0.198 e. The lowest BCUT2D eigenvalue weighted by molar-refractivity contribution is 0.517. The van der Waals surface area contributed by atoms with Gasteiger partial charge in [-0.05, 0) is 53.7 Å². The molecule has 4 heteroatoms. The first-order valence-corrected chi connectivity index (χ1v) is 3.67. The summed E-state index contributed by atoms with van der Waals surface area (Å²) in [7, 11) is 0. The van der Waals surface area contributed by atoms with Crippen LogP contribution in [0.25, 0.3) is 0 Å². The van der Waals surface area contributed by atoms with E-state index >= 15 is 0 Å². The number of aliphatic hydroxyl groups excluding tert-OH is 1. The fourth-order valence-corrected chi connectivity index (χ4v) is 0.329. The highest BCUT2D eigenvalue weighted by Crippen LogP contribution is 2.31. The molecule has 0 fully saturated rings. The van der Waals surface area contributed by atoms with Gasteiger partial charge in [-0.15, -0.1) is 0 Å². The van der Waals surface area contributed by atoms with E-state index in [0.717, 1.165) is 0 Å². The molecule has 0 bridgehead atoms. The Kier molecular flexibility index (Phi) is 3.29. The SMILES string of the molecule is OC#CC(Br)(Br)Br. The quantitative estimate of drug-likeness (QED) is 0.536. The first kappa shape index (κ1) is 7.80. The Hall–Kier alpha value is 0.800. The van der Waals surface area contributed by atoms with Crippen molar-refractivity contribution in [3.8, 4) is 12.0 Å². The number of alkyl halides is 3. The van der Waals surface area contributed by atoms with Gasteiger partial charge < -0.3 is 5.11 Å². The average molecular weight is 293 g/mol. The van der Waals surface area contributed by atoms with Crippen LogP contribution in [0.4, 0.5) is 0 Å². The minimum Gasteiger partial charge on any atom is -0.462 e. The van der Waals surface area contributed by atoms with Gasteiger partial charge in [-0.1, -0.05) is 0 Å². The summed E-state index contributed by atoms with van der Waals surface area (Å²) >= 11 is 9.12. The second kappa shape index (κ2) is 2.95. The first-order valence-electron chi connectivity index (χ1n) is 1.29. The largest absolute Gasteiger partial charge is 0.462 e. The predicted molar refractivity (Wildman–Crippen MR) is 39.2 cm³/mol. The number of rotatable bonds is 0. The van der Waals surface area contributed by atoms with E-state index in [1.54, 1.807) is 6.11 Å². The van der Waals surface area contributed by atoms with Crippen molar-refractivity contribution in [3.63, 3.8) is 0 Å². The lowest BCUT2D eigenvalue weighted by Crippen LogP contribution is -1.90. The maximum Gasteiger partial charge on any atom is 0.198 e. The summed E-state index contributed by atoms with van der Waals surface area (Å²) in [5.74, 6) is 2.34. The van der Waals surface area contributed by atoms with Crippen LogP contribution in [-0.2, 0) is 0 Å². The first-order chi connectivity index (χ1) is 3.06. The standard InChI is InChI=1S/C3HBr3O/c4-3(5,6)1-2-7/h7H. The molecule has 7 heavy (non-hydrogen) atoms. The molecule has 0 saturated heterocycles. The fraction of sp³-hybridized carbons (Fsp3) is 0.333. The normalized spacial score (nSPS) is 9.57. The molecule has 0 saturated carbocycles. The Morgan fingerprint density at radius 3 is 1.71 bits per heavy atom. The summed E-state index contributed by atoms with van der Waals surface area (Å²) in [6.07, 6.45) is 1.72. The minimum absolute atomic E-state index is 0.623. The molecule has 1 nitrogen and oxygen atoms in total. The molecule has 0 spiro atoms. The molecule has 0 aliphatic heterocycles. The van der Waals surface area contributed by atoms with Crippen molar-refractivity contribution in [2.75, 3.05) is 0 Å². The summed E-state index contributed by atoms with van der Waals surface area (Å²) in [4.78, 5) is 0. The highest BCUT2D eigenvalue weighted by molar-refractivity contribution is 9.39. The van der Waals surface area contributed by atoms with E-state index in [2.05, 4.69) is 53.7 Å². The van der Waals surface area contributed by atoms with Crippen molar-refractivity contribution in [1.29, 1.82) is 0 Å². The van der Waals surface area contributed by atoms with Crippen molar-refractivity contribution in [1.82, 2.24) is 0 Å². The van der Waals surface area contributed by atoms with E-state index in [-0.39, 0.29) is 0 Å². The summed E-state index contributed by atoms with van der Waals surface area (Å²) < 4.78 is -0.623. The topological polar surface area (TPSA) is 20.2 Å². The Labute approximate surface area is 66.9 Å². The number of hydrogen-bond acceptors (Lipinski definition) is 1. The van der Waals surface area contributed by atoms with Crippen molar-refractivity contribution in [2.24, 2.45) is 0 Å². The Morgan fingerprint density at radius 1 is 1.29 bits per heavy atom. The van der Waals surface area contributed by atoms with Gasteiger partial charge in [-0.25, -0.2) is 0 Å². The molecule has 40 valence electrons. The second-order valence-electron chi connectivity index (χ2n) is 0.735. The summed E-state index contributed by atoms with van der Waals surface area (Å²) in [5.41, 5.74) is 0. The van der Waals surface area contributed by atoms with Crippen LogP contribution in [0.5, 0.6) is 0 Å². The van der Waals surface area contributed by atoms with E-state index < -0.39 is 2.14 Å². The molecular formula is C3HBr3O. The lowest BCUT2D eigenvalue weighted by Gasteiger charge is -1.96. The molecule has 0 amide bonds. The number of aliphatic hydroxyl groups is 1. The molecule has 0 radical (unpaired) electrons. The van der Waals surface area contributed by atoms with Crippen molar-refractivity contribution < 1.29 is 5.11 Å². The third-order valence-electron chi connectivity index (χ3n) is 0.198. The Bertz CT molecular complexity index is 104. The van der Waals surface area contributed by atoms with Gasteiger partial charge >= 0.3 is 0 Å². The van der Waals surface area contributed by atoms with Crippen LogP contribution in [-0.4, -0.2) is 7.25 Å². The molecular weight excluding hydrogens is 292 g/mol. The molecule has 0 aromatic carbocycles. The highest BCUT2D eigenvalue weighted by Gasteiger charge is 2.11. The Morgan fingerprint density at radius 2 is 1.71 bits per heavy atom. The van der Waals surface area contributed by atoms with E-state index in [1.807, 2.05) is 0 Å². The van der Waals surface area contributed by atoms with Crippen LogP contribution in [0.1, 0.15) is 0 Å². The van der Waals surface area contributed by atoms with Crippen LogP contribution in [0.15, 0.2) is 0 Å². The Balaban J connectivity index is 3.72. The maximum absolute atomic E-state index is 7.95. The van der Waals surface area contributed by atoms with Crippen molar-refractivity contribution in [2.45, 2.75) is 2.14 Å². The minimum atomic E-state index is -0.623. The van der Waals surface area contributed by atoms with Gasteiger partial charge in [0.15, 0.2) is 2.14 Å². The maximum atomic E-state index is 7.95. The van der Waals surface area contributed by atoms with Crippen LogP contribution in [0.2, 0.25) is 0 Å². The fourth-order valence-electron chi connectivity index (χ4n) is 0.0634. The van der Waals surface area contributed by atoms with E-state index in [0.29, 0.717) is 0 Å². The molecule has 0 aliphatic rings. The zero-order valence-electron chi connectivity index (χ0n) is 3.08. The molecule has 0 aromatic heterocycles. The molecule has 0 atom stereocenters. The average Bonchev–Trinajstić information content (AvgIpc) is 1.30. The van der Waals surface area contributed by atoms with Gasteiger partial charge in [0, 0.05) is 0 Å². The van der Waals surface area contributed by atoms with Crippen LogP contribution in [0.3, 0.4) is 0 Å². The zero-order chi connectivity index (χ0) is 5.91. The third-order valence-corrected chi connectivity index (χ3v) is 0.792. The summed E-state index contributed by atoms with van der Waals surface area (Å²) in [6, 6.07) is 0.